The summed E-state index contributed by atoms with van der Waals surface area (Å²) < 4.78 is 5.53. The van der Waals surface area contributed by atoms with Gasteiger partial charge in [0, 0.05) is 18.4 Å². The monoisotopic (exact) mass is 310 g/mol. The van der Waals surface area contributed by atoms with Crippen molar-refractivity contribution >= 4 is 6.09 Å². The Labute approximate surface area is 137 Å². The molecule has 1 saturated heterocycles. The molecule has 2 heterocycles. The lowest BCUT2D eigenvalue weighted by Crippen LogP contribution is -2.39. The SMILES string of the molecule is Cc1ncccc1C1CCCCN1C(=O)OCc1ccccc1. The first-order valence-electron chi connectivity index (χ1n) is 8.14. The fraction of sp³-hybridized carbons (Fsp3) is 0.368. The Hall–Kier alpha value is -2.36. The van der Waals surface area contributed by atoms with Crippen LogP contribution in [0.25, 0.3) is 0 Å². The Morgan fingerprint density at radius 1 is 1.22 bits per heavy atom. The molecule has 1 aliphatic heterocycles. The maximum absolute atomic E-state index is 12.5. The van der Waals surface area contributed by atoms with Gasteiger partial charge in [0.25, 0.3) is 0 Å². The number of amides is 1. The van der Waals surface area contributed by atoms with Crippen molar-refractivity contribution in [3.63, 3.8) is 0 Å². The first-order valence-corrected chi connectivity index (χ1v) is 8.14. The normalized spacial score (nSPS) is 17.8. The number of piperidine rings is 1. The topological polar surface area (TPSA) is 42.4 Å². The van der Waals surface area contributed by atoms with E-state index in [0.29, 0.717) is 6.61 Å². The standard InChI is InChI=1S/C19H22N2O2/c1-15-17(10-7-12-20-15)18-11-5-6-13-21(18)19(22)23-14-16-8-3-2-4-9-16/h2-4,7-10,12,18H,5-6,11,13-14H2,1H3. The number of aromatic nitrogens is 1. The second kappa shape index (κ2) is 7.27. The van der Waals surface area contributed by atoms with Gasteiger partial charge >= 0.3 is 6.09 Å². The molecule has 3 rings (SSSR count). The van der Waals surface area contributed by atoms with Gasteiger partial charge in [-0.2, -0.15) is 0 Å². The van der Waals surface area contributed by atoms with Gasteiger partial charge in [0.15, 0.2) is 0 Å². The Morgan fingerprint density at radius 2 is 2.04 bits per heavy atom. The van der Waals surface area contributed by atoms with Crippen molar-refractivity contribution in [3.8, 4) is 0 Å². The summed E-state index contributed by atoms with van der Waals surface area (Å²) in [5.41, 5.74) is 3.12. The fourth-order valence-corrected chi connectivity index (χ4v) is 3.12. The molecule has 0 saturated carbocycles. The van der Waals surface area contributed by atoms with E-state index in [1.165, 1.54) is 0 Å². The number of likely N-dealkylation sites (tertiary alicyclic amines) is 1. The third kappa shape index (κ3) is 3.70. The highest BCUT2D eigenvalue weighted by atomic mass is 16.6. The zero-order valence-electron chi connectivity index (χ0n) is 13.4. The molecule has 4 nitrogen and oxygen atoms in total. The summed E-state index contributed by atoms with van der Waals surface area (Å²) >= 11 is 0. The Kier molecular flexibility index (Phi) is 4.91. The molecule has 23 heavy (non-hydrogen) atoms. The van der Waals surface area contributed by atoms with Crippen molar-refractivity contribution in [1.82, 2.24) is 9.88 Å². The maximum atomic E-state index is 12.5. The molecular formula is C19H22N2O2. The van der Waals surface area contributed by atoms with Crippen LogP contribution in [0.4, 0.5) is 4.79 Å². The first-order chi connectivity index (χ1) is 11.3. The summed E-state index contributed by atoms with van der Waals surface area (Å²) in [6, 6.07) is 13.9. The summed E-state index contributed by atoms with van der Waals surface area (Å²) in [4.78, 5) is 18.8. The minimum Gasteiger partial charge on any atom is -0.445 e. The van der Waals surface area contributed by atoms with Gasteiger partial charge in [0.05, 0.1) is 6.04 Å². The van der Waals surface area contributed by atoms with E-state index in [9.17, 15) is 4.79 Å². The van der Waals surface area contributed by atoms with Crippen LogP contribution in [-0.4, -0.2) is 22.5 Å². The van der Waals surface area contributed by atoms with Crippen LogP contribution in [0.15, 0.2) is 48.7 Å². The zero-order chi connectivity index (χ0) is 16.1. The number of rotatable bonds is 3. The first kappa shape index (κ1) is 15.5. The van der Waals surface area contributed by atoms with Crippen molar-refractivity contribution in [1.29, 1.82) is 0 Å². The van der Waals surface area contributed by atoms with Gasteiger partial charge < -0.3 is 9.64 Å². The molecule has 1 unspecified atom stereocenters. The molecule has 0 aliphatic carbocycles. The van der Waals surface area contributed by atoms with Crippen LogP contribution in [0, 0.1) is 6.92 Å². The lowest BCUT2D eigenvalue weighted by atomic mass is 9.95. The molecule has 120 valence electrons. The summed E-state index contributed by atoms with van der Waals surface area (Å²) in [6.07, 6.45) is 4.67. The molecule has 0 N–H and O–H groups in total. The van der Waals surface area contributed by atoms with E-state index in [-0.39, 0.29) is 12.1 Å². The molecule has 1 aromatic heterocycles. The van der Waals surface area contributed by atoms with E-state index >= 15 is 0 Å². The van der Waals surface area contributed by atoms with E-state index in [1.54, 1.807) is 6.20 Å². The quantitative estimate of drug-likeness (QED) is 0.851. The van der Waals surface area contributed by atoms with E-state index < -0.39 is 0 Å². The summed E-state index contributed by atoms with van der Waals surface area (Å²) in [5.74, 6) is 0. The third-order valence-electron chi connectivity index (χ3n) is 4.35. The number of hydrogen-bond donors (Lipinski definition) is 0. The van der Waals surface area contributed by atoms with Crippen LogP contribution in [0.2, 0.25) is 0 Å². The molecule has 1 amide bonds. The predicted octanol–water partition coefficient (Wildman–Crippen LogP) is 4.25. The van der Waals surface area contributed by atoms with Gasteiger partial charge in [-0.3, -0.25) is 4.98 Å². The number of pyridine rings is 1. The second-order valence-electron chi connectivity index (χ2n) is 5.92. The molecule has 1 atom stereocenters. The molecule has 4 heteroatoms. The van der Waals surface area contributed by atoms with Gasteiger partial charge in [-0.1, -0.05) is 36.4 Å². The highest BCUT2D eigenvalue weighted by Gasteiger charge is 2.30. The largest absolute Gasteiger partial charge is 0.445 e. The average Bonchev–Trinajstić information content (AvgIpc) is 2.61. The molecule has 1 aromatic carbocycles. The lowest BCUT2D eigenvalue weighted by Gasteiger charge is -2.35. The van der Waals surface area contributed by atoms with Gasteiger partial charge in [-0.15, -0.1) is 0 Å². The van der Waals surface area contributed by atoms with Crippen molar-refractivity contribution in [2.24, 2.45) is 0 Å². The minimum absolute atomic E-state index is 0.0701. The zero-order valence-corrected chi connectivity index (χ0v) is 13.4. The highest BCUT2D eigenvalue weighted by molar-refractivity contribution is 5.68. The van der Waals surface area contributed by atoms with Crippen LogP contribution >= 0.6 is 0 Å². The van der Waals surface area contributed by atoms with Gasteiger partial charge in [0.1, 0.15) is 6.61 Å². The summed E-state index contributed by atoms with van der Waals surface area (Å²) in [7, 11) is 0. The molecule has 2 aromatic rings. The molecular weight excluding hydrogens is 288 g/mol. The lowest BCUT2D eigenvalue weighted by molar-refractivity contribution is 0.0677. The van der Waals surface area contributed by atoms with Gasteiger partial charge in [-0.25, -0.2) is 4.79 Å². The number of carbonyl (C=O) groups is 1. The van der Waals surface area contributed by atoms with Crippen LogP contribution in [0.5, 0.6) is 0 Å². The number of ether oxygens (including phenoxy) is 1. The smallest absolute Gasteiger partial charge is 0.410 e. The maximum Gasteiger partial charge on any atom is 0.410 e. The summed E-state index contributed by atoms with van der Waals surface area (Å²) in [6.45, 7) is 3.05. The Morgan fingerprint density at radius 3 is 2.83 bits per heavy atom. The molecule has 0 radical (unpaired) electrons. The number of nitrogens with zero attached hydrogens (tertiary/aromatic N) is 2. The van der Waals surface area contributed by atoms with Crippen molar-refractivity contribution in [2.75, 3.05) is 6.54 Å². The predicted molar refractivity (Wildman–Crippen MR) is 88.9 cm³/mol. The third-order valence-corrected chi connectivity index (χ3v) is 4.35. The highest BCUT2D eigenvalue weighted by Crippen LogP contribution is 2.32. The van der Waals surface area contributed by atoms with E-state index in [1.807, 2.05) is 48.2 Å². The number of hydrogen-bond acceptors (Lipinski definition) is 3. The minimum atomic E-state index is -0.234. The molecule has 1 fully saturated rings. The van der Waals surface area contributed by atoms with Crippen LogP contribution in [0.3, 0.4) is 0 Å². The van der Waals surface area contributed by atoms with Crippen molar-refractivity contribution < 1.29 is 9.53 Å². The van der Waals surface area contributed by atoms with E-state index in [4.69, 9.17) is 4.74 Å². The number of aryl methyl sites for hydroxylation is 1. The molecule has 0 bridgehead atoms. The Bertz CT molecular complexity index is 657. The van der Waals surface area contributed by atoms with Crippen molar-refractivity contribution in [2.45, 2.75) is 38.8 Å². The van der Waals surface area contributed by atoms with E-state index in [0.717, 1.165) is 42.6 Å². The van der Waals surface area contributed by atoms with Gasteiger partial charge in [0.2, 0.25) is 0 Å². The average molecular weight is 310 g/mol. The van der Waals surface area contributed by atoms with Gasteiger partial charge in [-0.05, 0) is 43.4 Å². The Balaban J connectivity index is 1.71. The molecule has 1 aliphatic rings. The second-order valence-corrected chi connectivity index (χ2v) is 5.92. The number of carbonyl (C=O) groups excluding carboxylic acids is 1. The van der Waals surface area contributed by atoms with Crippen LogP contribution in [0.1, 0.15) is 42.1 Å². The van der Waals surface area contributed by atoms with Crippen LogP contribution in [-0.2, 0) is 11.3 Å². The van der Waals surface area contributed by atoms with Crippen molar-refractivity contribution in [3.05, 3.63) is 65.5 Å². The number of benzene rings is 1. The summed E-state index contributed by atoms with van der Waals surface area (Å²) in [5, 5.41) is 0. The van der Waals surface area contributed by atoms with Crippen LogP contribution < -0.4 is 0 Å². The molecule has 0 spiro atoms. The van der Waals surface area contributed by atoms with E-state index in [2.05, 4.69) is 11.1 Å². The fourth-order valence-electron chi connectivity index (χ4n) is 3.12.